The molecule has 8 nitrogen and oxygen atoms in total. The van der Waals surface area contributed by atoms with Gasteiger partial charge in [-0.2, -0.15) is 5.26 Å². The number of ether oxygens (including phenoxy) is 2. The molecule has 0 radical (unpaired) electrons. The van der Waals surface area contributed by atoms with Crippen molar-refractivity contribution < 1.29 is 14.3 Å². The third-order valence-corrected chi connectivity index (χ3v) is 4.64. The number of amides is 1. The van der Waals surface area contributed by atoms with Crippen molar-refractivity contribution >= 4 is 12.0 Å². The van der Waals surface area contributed by atoms with Crippen LogP contribution in [0, 0.1) is 11.3 Å². The first-order valence-corrected chi connectivity index (χ1v) is 9.93. The molecule has 1 amide bonds. The zero-order chi connectivity index (χ0) is 21.7. The highest BCUT2D eigenvalue weighted by atomic mass is 16.6. The number of carbonyl (C=O) groups excluding carboxylic acids is 1. The van der Waals surface area contributed by atoms with Gasteiger partial charge in [-0.05, 0) is 45.4 Å². The maximum atomic E-state index is 12.3. The van der Waals surface area contributed by atoms with Crippen LogP contribution in [-0.2, 0) is 11.3 Å². The summed E-state index contributed by atoms with van der Waals surface area (Å²) in [5, 5.41) is 8.85. The molecule has 1 aliphatic rings. The second-order valence-electron chi connectivity index (χ2n) is 8.28. The van der Waals surface area contributed by atoms with Gasteiger partial charge in [-0.25, -0.2) is 14.8 Å². The lowest BCUT2D eigenvalue weighted by molar-refractivity contribution is 0.0218. The highest BCUT2D eigenvalue weighted by molar-refractivity contribution is 5.68. The second kappa shape index (κ2) is 8.99. The lowest BCUT2D eigenvalue weighted by Crippen LogP contribution is -2.55. The summed E-state index contributed by atoms with van der Waals surface area (Å²) >= 11 is 0. The fourth-order valence-corrected chi connectivity index (χ4v) is 3.12. The fourth-order valence-electron chi connectivity index (χ4n) is 3.12. The number of hydrogen-bond donors (Lipinski definition) is 0. The van der Waals surface area contributed by atoms with Gasteiger partial charge in [0.05, 0.1) is 24.0 Å². The molecule has 0 unspecified atom stereocenters. The molecular formula is C22H27N5O3. The summed E-state index contributed by atoms with van der Waals surface area (Å²) in [5.74, 6) is 1.18. The molecule has 8 heteroatoms. The monoisotopic (exact) mass is 409 g/mol. The Morgan fingerprint density at radius 1 is 1.20 bits per heavy atom. The van der Waals surface area contributed by atoms with Gasteiger partial charge in [0.25, 0.3) is 0 Å². The molecule has 1 aromatic heterocycles. The molecule has 30 heavy (non-hydrogen) atoms. The minimum Gasteiger partial charge on any atom is -0.486 e. The van der Waals surface area contributed by atoms with Crippen LogP contribution in [0.4, 0.5) is 10.7 Å². The summed E-state index contributed by atoms with van der Waals surface area (Å²) in [6.45, 7) is 9.74. The van der Waals surface area contributed by atoms with Gasteiger partial charge in [0.2, 0.25) is 5.95 Å². The lowest BCUT2D eigenvalue weighted by atomic mass is 10.2. The summed E-state index contributed by atoms with van der Waals surface area (Å²) in [6.07, 6.45) is 3.01. The van der Waals surface area contributed by atoms with E-state index in [9.17, 15) is 4.79 Å². The molecule has 1 atom stereocenters. The van der Waals surface area contributed by atoms with E-state index in [0.29, 0.717) is 43.5 Å². The van der Waals surface area contributed by atoms with Crippen LogP contribution in [0.1, 0.15) is 38.8 Å². The summed E-state index contributed by atoms with van der Waals surface area (Å²) < 4.78 is 11.2. The molecule has 158 valence electrons. The number of nitrogens with zero attached hydrogens (tertiary/aromatic N) is 5. The SMILES string of the molecule is C[C@@H]1CN(C(=O)OC(C)(C)C)CCN1c1ncc(OCc2ccc(C#N)cc2)cn1. The molecule has 2 aromatic rings. The number of benzene rings is 1. The topological polar surface area (TPSA) is 91.6 Å². The van der Waals surface area contributed by atoms with Crippen molar-refractivity contribution in [2.75, 3.05) is 24.5 Å². The van der Waals surface area contributed by atoms with E-state index in [0.717, 1.165) is 5.56 Å². The van der Waals surface area contributed by atoms with Crippen molar-refractivity contribution in [1.82, 2.24) is 14.9 Å². The van der Waals surface area contributed by atoms with Crippen molar-refractivity contribution in [2.45, 2.75) is 45.9 Å². The van der Waals surface area contributed by atoms with Crippen molar-refractivity contribution in [3.05, 3.63) is 47.8 Å². The maximum Gasteiger partial charge on any atom is 0.410 e. The Morgan fingerprint density at radius 2 is 1.87 bits per heavy atom. The standard InChI is InChI=1S/C22H27N5O3/c1-16-14-26(21(28)30-22(2,3)4)9-10-27(16)20-24-12-19(13-25-20)29-15-18-7-5-17(11-23)6-8-18/h5-8,12-13,16H,9-10,14-15H2,1-4H3/t16-/m1/s1. The van der Waals surface area contributed by atoms with Crippen LogP contribution in [0.2, 0.25) is 0 Å². The zero-order valence-electron chi connectivity index (χ0n) is 17.8. The van der Waals surface area contributed by atoms with E-state index >= 15 is 0 Å². The summed E-state index contributed by atoms with van der Waals surface area (Å²) in [4.78, 5) is 25.0. The van der Waals surface area contributed by atoms with Crippen molar-refractivity contribution in [3.63, 3.8) is 0 Å². The minimum absolute atomic E-state index is 0.0664. The van der Waals surface area contributed by atoms with Crippen molar-refractivity contribution in [3.8, 4) is 11.8 Å². The number of piperazine rings is 1. The van der Waals surface area contributed by atoms with E-state index in [-0.39, 0.29) is 12.1 Å². The molecular weight excluding hydrogens is 382 g/mol. The van der Waals surface area contributed by atoms with E-state index in [4.69, 9.17) is 14.7 Å². The first-order chi connectivity index (χ1) is 14.2. The van der Waals surface area contributed by atoms with Crippen molar-refractivity contribution in [1.29, 1.82) is 5.26 Å². The van der Waals surface area contributed by atoms with Crippen LogP contribution >= 0.6 is 0 Å². The molecule has 0 aliphatic carbocycles. The first kappa shape index (κ1) is 21.4. The molecule has 0 N–H and O–H groups in total. The van der Waals surface area contributed by atoms with Gasteiger partial charge in [-0.3, -0.25) is 0 Å². The van der Waals surface area contributed by atoms with E-state index in [1.54, 1.807) is 29.4 Å². The van der Waals surface area contributed by atoms with Gasteiger partial charge in [-0.15, -0.1) is 0 Å². The Kier molecular flexibility index (Phi) is 6.40. The molecule has 1 fully saturated rings. The van der Waals surface area contributed by atoms with E-state index in [2.05, 4.69) is 20.9 Å². The Labute approximate surface area is 177 Å². The van der Waals surface area contributed by atoms with Crippen LogP contribution in [-0.4, -0.2) is 52.2 Å². The van der Waals surface area contributed by atoms with Crippen LogP contribution < -0.4 is 9.64 Å². The Morgan fingerprint density at radius 3 is 2.43 bits per heavy atom. The quantitative estimate of drug-likeness (QED) is 0.764. The third-order valence-electron chi connectivity index (χ3n) is 4.64. The molecule has 3 rings (SSSR count). The molecule has 0 spiro atoms. The average Bonchev–Trinajstić information content (AvgIpc) is 2.72. The van der Waals surface area contributed by atoms with Gasteiger partial charge in [0.15, 0.2) is 5.75 Å². The van der Waals surface area contributed by atoms with E-state index in [1.165, 1.54) is 0 Å². The summed E-state index contributed by atoms with van der Waals surface area (Å²) in [7, 11) is 0. The number of anilines is 1. The fraction of sp³-hybridized carbons (Fsp3) is 0.455. The van der Waals surface area contributed by atoms with Gasteiger partial charge in [-0.1, -0.05) is 12.1 Å². The molecule has 1 aromatic carbocycles. The van der Waals surface area contributed by atoms with E-state index in [1.807, 2.05) is 39.8 Å². The third kappa shape index (κ3) is 5.60. The second-order valence-corrected chi connectivity index (χ2v) is 8.28. The highest BCUT2D eigenvalue weighted by Gasteiger charge is 2.30. The van der Waals surface area contributed by atoms with Crippen molar-refractivity contribution in [2.24, 2.45) is 0 Å². The van der Waals surface area contributed by atoms with Gasteiger partial charge in [0, 0.05) is 25.7 Å². The predicted molar refractivity (Wildman–Crippen MR) is 112 cm³/mol. The van der Waals surface area contributed by atoms with Crippen LogP contribution in [0.15, 0.2) is 36.7 Å². The number of rotatable bonds is 4. The van der Waals surface area contributed by atoms with Gasteiger partial charge in [0.1, 0.15) is 12.2 Å². The minimum atomic E-state index is -0.506. The number of carbonyl (C=O) groups is 1. The normalized spacial score (nSPS) is 16.7. The molecule has 1 aliphatic heterocycles. The Hall–Kier alpha value is -3.34. The highest BCUT2D eigenvalue weighted by Crippen LogP contribution is 2.20. The Bertz CT molecular complexity index is 900. The number of hydrogen-bond acceptors (Lipinski definition) is 7. The Balaban J connectivity index is 1.54. The van der Waals surface area contributed by atoms with Crippen LogP contribution in [0.25, 0.3) is 0 Å². The molecule has 2 heterocycles. The number of nitriles is 1. The van der Waals surface area contributed by atoms with Crippen LogP contribution in [0.3, 0.4) is 0 Å². The van der Waals surface area contributed by atoms with E-state index < -0.39 is 5.60 Å². The lowest BCUT2D eigenvalue weighted by Gasteiger charge is -2.40. The molecule has 0 bridgehead atoms. The average molecular weight is 409 g/mol. The maximum absolute atomic E-state index is 12.3. The van der Waals surface area contributed by atoms with Gasteiger partial charge >= 0.3 is 6.09 Å². The predicted octanol–water partition coefficient (Wildman–Crippen LogP) is 3.37. The van der Waals surface area contributed by atoms with Gasteiger partial charge < -0.3 is 19.3 Å². The molecule has 1 saturated heterocycles. The largest absolute Gasteiger partial charge is 0.486 e. The first-order valence-electron chi connectivity index (χ1n) is 9.93. The smallest absolute Gasteiger partial charge is 0.410 e. The summed E-state index contributed by atoms with van der Waals surface area (Å²) in [6, 6.07) is 9.40. The zero-order valence-corrected chi connectivity index (χ0v) is 17.8. The number of aromatic nitrogens is 2. The molecule has 0 saturated carbocycles. The van der Waals surface area contributed by atoms with Crippen LogP contribution in [0.5, 0.6) is 5.75 Å². The summed E-state index contributed by atoms with van der Waals surface area (Å²) in [5.41, 5.74) is 1.08.